The van der Waals surface area contributed by atoms with Crippen LogP contribution in [0.4, 0.5) is 0 Å². The van der Waals surface area contributed by atoms with Crippen LogP contribution < -0.4 is 5.73 Å². The molecule has 0 saturated carbocycles. The molecule has 7 heteroatoms. The summed E-state index contributed by atoms with van der Waals surface area (Å²) in [5, 5.41) is 12.6. The SMILES string of the molecule is NC(CO)c1noc(-c2cc(I)ccc2Br)n1. The van der Waals surface area contributed by atoms with Crippen molar-refractivity contribution in [3.8, 4) is 11.5 Å². The third-order valence-corrected chi connectivity index (χ3v) is 3.49. The maximum Gasteiger partial charge on any atom is 0.259 e. The summed E-state index contributed by atoms with van der Waals surface area (Å²) in [5.74, 6) is 0.683. The van der Waals surface area contributed by atoms with Crippen LogP contribution in [0.25, 0.3) is 11.5 Å². The molecule has 0 aliphatic heterocycles. The number of benzene rings is 1. The molecule has 2 aromatic rings. The maximum atomic E-state index is 8.91. The van der Waals surface area contributed by atoms with E-state index in [-0.39, 0.29) is 6.61 Å². The first-order valence-corrected chi connectivity index (χ1v) is 6.64. The van der Waals surface area contributed by atoms with Crippen LogP contribution in [0.1, 0.15) is 11.9 Å². The first kappa shape index (κ1) is 12.9. The van der Waals surface area contributed by atoms with Crippen LogP contribution in [0.3, 0.4) is 0 Å². The van der Waals surface area contributed by atoms with Crippen LogP contribution in [0.2, 0.25) is 0 Å². The summed E-state index contributed by atoms with van der Waals surface area (Å²) in [4.78, 5) is 4.16. The second-order valence-corrected chi connectivity index (χ2v) is 5.47. The Labute approximate surface area is 120 Å². The molecule has 1 heterocycles. The average Bonchev–Trinajstić information content (AvgIpc) is 2.80. The summed E-state index contributed by atoms with van der Waals surface area (Å²) >= 11 is 5.62. The molecule has 0 fully saturated rings. The zero-order chi connectivity index (χ0) is 12.4. The molecule has 0 spiro atoms. The third kappa shape index (κ3) is 2.84. The van der Waals surface area contributed by atoms with E-state index in [1.165, 1.54) is 0 Å². The van der Waals surface area contributed by atoms with Gasteiger partial charge in [0.2, 0.25) is 0 Å². The zero-order valence-electron chi connectivity index (χ0n) is 8.60. The largest absolute Gasteiger partial charge is 0.394 e. The van der Waals surface area contributed by atoms with Gasteiger partial charge in [0.15, 0.2) is 5.82 Å². The van der Waals surface area contributed by atoms with Crippen molar-refractivity contribution in [2.75, 3.05) is 6.61 Å². The lowest BCUT2D eigenvalue weighted by atomic mass is 10.2. The van der Waals surface area contributed by atoms with Gasteiger partial charge >= 0.3 is 0 Å². The topological polar surface area (TPSA) is 85.2 Å². The number of aliphatic hydroxyl groups is 1. The summed E-state index contributed by atoms with van der Waals surface area (Å²) in [7, 11) is 0. The van der Waals surface area contributed by atoms with Crippen molar-refractivity contribution in [2.24, 2.45) is 5.73 Å². The Morgan fingerprint density at radius 2 is 2.29 bits per heavy atom. The van der Waals surface area contributed by atoms with E-state index in [2.05, 4.69) is 48.7 Å². The van der Waals surface area contributed by atoms with Gasteiger partial charge in [-0.1, -0.05) is 5.16 Å². The molecule has 0 aliphatic rings. The van der Waals surface area contributed by atoms with E-state index in [0.717, 1.165) is 13.6 Å². The van der Waals surface area contributed by atoms with Gasteiger partial charge in [-0.15, -0.1) is 0 Å². The van der Waals surface area contributed by atoms with Crippen LogP contribution in [-0.2, 0) is 0 Å². The van der Waals surface area contributed by atoms with Gasteiger partial charge in [-0.2, -0.15) is 4.98 Å². The van der Waals surface area contributed by atoms with Gasteiger partial charge < -0.3 is 15.4 Å². The fraction of sp³-hybridized carbons (Fsp3) is 0.200. The molecule has 2 rings (SSSR count). The van der Waals surface area contributed by atoms with E-state index in [1.807, 2.05) is 18.2 Å². The first-order valence-electron chi connectivity index (χ1n) is 4.77. The Bertz CT molecular complexity index is 532. The molecule has 0 bridgehead atoms. The third-order valence-electron chi connectivity index (χ3n) is 2.13. The molecule has 1 unspecified atom stereocenters. The standard InChI is InChI=1S/C10H9BrIN3O2/c11-7-2-1-5(12)3-6(7)10-14-9(15-17-10)8(13)4-16/h1-3,8,16H,4,13H2. The van der Waals surface area contributed by atoms with Crippen LogP contribution in [0, 0.1) is 3.57 Å². The Morgan fingerprint density at radius 3 is 3.00 bits per heavy atom. The molecule has 5 nitrogen and oxygen atoms in total. The van der Waals surface area contributed by atoms with Crippen molar-refractivity contribution >= 4 is 38.5 Å². The fourth-order valence-electron chi connectivity index (χ4n) is 1.24. The number of aliphatic hydroxyl groups excluding tert-OH is 1. The van der Waals surface area contributed by atoms with Crippen molar-refractivity contribution in [3.05, 3.63) is 32.1 Å². The van der Waals surface area contributed by atoms with E-state index in [1.54, 1.807) is 0 Å². The monoisotopic (exact) mass is 409 g/mol. The van der Waals surface area contributed by atoms with E-state index < -0.39 is 6.04 Å². The molecule has 0 radical (unpaired) electrons. The predicted molar refractivity (Wildman–Crippen MR) is 74.2 cm³/mol. The minimum absolute atomic E-state index is 0.216. The van der Waals surface area contributed by atoms with Gasteiger partial charge in [0.25, 0.3) is 5.89 Å². The molecule has 0 amide bonds. The highest BCUT2D eigenvalue weighted by Gasteiger charge is 2.16. The predicted octanol–water partition coefficient (Wildman–Crippen LogP) is 2.10. The van der Waals surface area contributed by atoms with E-state index >= 15 is 0 Å². The maximum absolute atomic E-state index is 8.91. The number of rotatable bonds is 3. The quantitative estimate of drug-likeness (QED) is 0.758. The molecule has 17 heavy (non-hydrogen) atoms. The van der Waals surface area contributed by atoms with Crippen molar-refractivity contribution in [3.63, 3.8) is 0 Å². The molecular weight excluding hydrogens is 401 g/mol. The van der Waals surface area contributed by atoms with Crippen LogP contribution in [-0.4, -0.2) is 21.9 Å². The fourth-order valence-corrected chi connectivity index (χ4v) is 2.15. The molecule has 90 valence electrons. The van der Waals surface area contributed by atoms with Crippen LogP contribution in [0.15, 0.2) is 27.2 Å². The molecule has 3 N–H and O–H groups in total. The lowest BCUT2D eigenvalue weighted by molar-refractivity contribution is 0.260. The summed E-state index contributed by atoms with van der Waals surface area (Å²) in [5.41, 5.74) is 6.41. The summed E-state index contributed by atoms with van der Waals surface area (Å²) in [6.45, 7) is -0.216. The van der Waals surface area contributed by atoms with Gasteiger partial charge in [0.05, 0.1) is 18.2 Å². The summed E-state index contributed by atoms with van der Waals surface area (Å²) in [6, 6.07) is 5.18. The van der Waals surface area contributed by atoms with Crippen LogP contribution in [0.5, 0.6) is 0 Å². The lowest BCUT2D eigenvalue weighted by Gasteiger charge is -2.00. The Hall–Kier alpha value is -0.510. The Morgan fingerprint density at radius 1 is 1.53 bits per heavy atom. The minimum atomic E-state index is -0.617. The molecule has 1 atom stereocenters. The average molecular weight is 410 g/mol. The van der Waals surface area contributed by atoms with Gasteiger partial charge in [0, 0.05) is 8.04 Å². The second-order valence-electron chi connectivity index (χ2n) is 3.37. The van der Waals surface area contributed by atoms with Gasteiger partial charge in [-0.25, -0.2) is 0 Å². The van der Waals surface area contributed by atoms with E-state index in [0.29, 0.717) is 11.7 Å². The highest BCUT2D eigenvalue weighted by Crippen LogP contribution is 2.28. The second kappa shape index (κ2) is 5.42. The number of aromatic nitrogens is 2. The number of nitrogens with two attached hydrogens (primary N) is 1. The molecule has 0 saturated heterocycles. The number of hydrogen-bond donors (Lipinski definition) is 2. The molecule has 1 aromatic carbocycles. The summed E-state index contributed by atoms with van der Waals surface area (Å²) in [6.07, 6.45) is 0. The first-order chi connectivity index (χ1) is 8.11. The normalized spacial score (nSPS) is 12.7. The molecule has 0 aliphatic carbocycles. The van der Waals surface area contributed by atoms with E-state index in [9.17, 15) is 0 Å². The number of hydrogen-bond acceptors (Lipinski definition) is 5. The van der Waals surface area contributed by atoms with Gasteiger partial charge in [-0.3, -0.25) is 0 Å². The van der Waals surface area contributed by atoms with Crippen LogP contribution >= 0.6 is 38.5 Å². The van der Waals surface area contributed by atoms with Crippen molar-refractivity contribution in [1.29, 1.82) is 0 Å². The Kier molecular flexibility index (Phi) is 4.13. The Balaban J connectivity index is 2.40. The molecular formula is C10H9BrIN3O2. The number of nitrogens with zero attached hydrogens (tertiary/aromatic N) is 2. The van der Waals surface area contributed by atoms with Crippen molar-refractivity contribution in [2.45, 2.75) is 6.04 Å². The molecule has 1 aromatic heterocycles. The van der Waals surface area contributed by atoms with Crippen molar-refractivity contribution < 1.29 is 9.63 Å². The lowest BCUT2D eigenvalue weighted by Crippen LogP contribution is -2.15. The minimum Gasteiger partial charge on any atom is -0.394 e. The van der Waals surface area contributed by atoms with E-state index in [4.69, 9.17) is 15.4 Å². The highest BCUT2D eigenvalue weighted by molar-refractivity contribution is 14.1. The van der Waals surface area contributed by atoms with Gasteiger partial charge in [0.1, 0.15) is 0 Å². The smallest absolute Gasteiger partial charge is 0.259 e. The van der Waals surface area contributed by atoms with Gasteiger partial charge in [-0.05, 0) is 56.7 Å². The van der Waals surface area contributed by atoms with Crippen molar-refractivity contribution in [1.82, 2.24) is 10.1 Å². The highest BCUT2D eigenvalue weighted by atomic mass is 127. The summed E-state index contributed by atoms with van der Waals surface area (Å²) < 4.78 is 7.05. The zero-order valence-corrected chi connectivity index (χ0v) is 12.3. The number of halogens is 2.